The molecule has 1 aromatic rings. The molecule has 1 rings (SSSR count). The number of carbonyl (C=O) groups is 1. The third kappa shape index (κ3) is 4.72. The van der Waals surface area contributed by atoms with E-state index in [-0.39, 0.29) is 11.6 Å². The SMILES string of the molecule is CC(C)CC(CBr)NC(=O)c1cc(F)cc(F)c1. The van der Waals surface area contributed by atoms with Gasteiger partial charge in [-0.3, -0.25) is 4.79 Å². The Bertz CT molecular complexity index is 403. The number of alkyl halides is 1. The zero-order valence-corrected chi connectivity index (χ0v) is 11.9. The van der Waals surface area contributed by atoms with Crippen LogP contribution in [0.2, 0.25) is 0 Å². The molecule has 2 nitrogen and oxygen atoms in total. The quantitative estimate of drug-likeness (QED) is 0.827. The second-order valence-electron chi connectivity index (χ2n) is 4.61. The Morgan fingerprint density at radius 2 is 1.83 bits per heavy atom. The second kappa shape index (κ2) is 6.83. The predicted octanol–water partition coefficient (Wildman–Crippen LogP) is 3.50. The molecule has 0 saturated heterocycles. The maximum absolute atomic E-state index is 13.0. The third-order valence-corrected chi connectivity index (χ3v) is 3.18. The van der Waals surface area contributed by atoms with E-state index in [1.807, 2.05) is 13.8 Å². The van der Waals surface area contributed by atoms with Crippen LogP contribution in [0.5, 0.6) is 0 Å². The molecule has 100 valence electrons. The Balaban J connectivity index is 2.74. The fourth-order valence-corrected chi connectivity index (χ4v) is 2.11. The number of benzene rings is 1. The number of hydrogen-bond donors (Lipinski definition) is 1. The van der Waals surface area contributed by atoms with E-state index in [0.717, 1.165) is 24.6 Å². The minimum Gasteiger partial charge on any atom is -0.348 e. The molecule has 1 unspecified atom stereocenters. The maximum Gasteiger partial charge on any atom is 0.251 e. The van der Waals surface area contributed by atoms with Gasteiger partial charge in [-0.25, -0.2) is 8.78 Å². The number of hydrogen-bond acceptors (Lipinski definition) is 1. The van der Waals surface area contributed by atoms with Gasteiger partial charge < -0.3 is 5.32 Å². The van der Waals surface area contributed by atoms with Crippen LogP contribution >= 0.6 is 15.9 Å². The summed E-state index contributed by atoms with van der Waals surface area (Å²) in [5, 5.41) is 3.36. The number of halogens is 3. The van der Waals surface area contributed by atoms with E-state index < -0.39 is 17.5 Å². The monoisotopic (exact) mass is 319 g/mol. The largest absolute Gasteiger partial charge is 0.348 e. The van der Waals surface area contributed by atoms with Crippen LogP contribution in [0.3, 0.4) is 0 Å². The van der Waals surface area contributed by atoms with Crippen molar-refractivity contribution < 1.29 is 13.6 Å². The summed E-state index contributed by atoms with van der Waals surface area (Å²) in [6.45, 7) is 4.09. The van der Waals surface area contributed by atoms with Gasteiger partial charge in [0.15, 0.2) is 0 Å². The Morgan fingerprint density at radius 3 is 2.28 bits per heavy atom. The van der Waals surface area contributed by atoms with Gasteiger partial charge in [-0.2, -0.15) is 0 Å². The summed E-state index contributed by atoms with van der Waals surface area (Å²) < 4.78 is 26.0. The number of nitrogens with one attached hydrogen (secondary N) is 1. The first-order valence-electron chi connectivity index (χ1n) is 5.75. The van der Waals surface area contributed by atoms with Crippen molar-refractivity contribution in [3.8, 4) is 0 Å². The van der Waals surface area contributed by atoms with Gasteiger partial charge in [-0.1, -0.05) is 29.8 Å². The zero-order chi connectivity index (χ0) is 13.7. The van der Waals surface area contributed by atoms with Crippen LogP contribution in [0.1, 0.15) is 30.6 Å². The summed E-state index contributed by atoms with van der Waals surface area (Å²) in [6.07, 6.45) is 0.800. The molecule has 1 amide bonds. The van der Waals surface area contributed by atoms with Gasteiger partial charge in [0, 0.05) is 23.0 Å². The molecule has 1 N–H and O–H groups in total. The van der Waals surface area contributed by atoms with E-state index in [1.165, 1.54) is 0 Å². The maximum atomic E-state index is 13.0. The van der Waals surface area contributed by atoms with Gasteiger partial charge in [-0.05, 0) is 24.5 Å². The molecular formula is C13H16BrF2NO. The average molecular weight is 320 g/mol. The second-order valence-corrected chi connectivity index (χ2v) is 5.26. The summed E-state index contributed by atoms with van der Waals surface area (Å²) in [4.78, 5) is 11.8. The topological polar surface area (TPSA) is 29.1 Å². The van der Waals surface area contributed by atoms with Gasteiger partial charge in [-0.15, -0.1) is 0 Å². The van der Waals surface area contributed by atoms with Gasteiger partial charge in [0.1, 0.15) is 11.6 Å². The standard InChI is InChI=1S/C13H16BrF2NO/c1-8(2)3-12(7-14)17-13(18)9-4-10(15)6-11(16)5-9/h4-6,8,12H,3,7H2,1-2H3,(H,17,18). The van der Waals surface area contributed by atoms with E-state index in [0.29, 0.717) is 11.2 Å². The molecule has 0 aliphatic carbocycles. The highest BCUT2D eigenvalue weighted by Gasteiger charge is 2.15. The molecule has 0 aliphatic heterocycles. The van der Waals surface area contributed by atoms with Crippen LogP contribution in [-0.2, 0) is 0 Å². The van der Waals surface area contributed by atoms with Crippen LogP contribution < -0.4 is 5.32 Å². The van der Waals surface area contributed by atoms with Crippen LogP contribution in [-0.4, -0.2) is 17.3 Å². The van der Waals surface area contributed by atoms with Crippen molar-refractivity contribution in [2.45, 2.75) is 26.3 Å². The molecule has 0 aliphatic rings. The van der Waals surface area contributed by atoms with Crippen LogP contribution in [0.4, 0.5) is 8.78 Å². The smallest absolute Gasteiger partial charge is 0.251 e. The van der Waals surface area contributed by atoms with E-state index >= 15 is 0 Å². The Kier molecular flexibility index (Phi) is 5.72. The van der Waals surface area contributed by atoms with Gasteiger partial charge >= 0.3 is 0 Å². The molecule has 0 spiro atoms. The molecule has 0 saturated carbocycles. The van der Waals surface area contributed by atoms with Crippen molar-refractivity contribution in [3.05, 3.63) is 35.4 Å². The van der Waals surface area contributed by atoms with Gasteiger partial charge in [0.2, 0.25) is 0 Å². The van der Waals surface area contributed by atoms with Crippen molar-refractivity contribution in [1.82, 2.24) is 5.32 Å². The fourth-order valence-electron chi connectivity index (χ4n) is 1.68. The lowest BCUT2D eigenvalue weighted by molar-refractivity contribution is 0.0936. The first kappa shape index (κ1) is 15.1. The summed E-state index contributed by atoms with van der Waals surface area (Å²) >= 11 is 3.31. The number of amides is 1. The molecule has 0 radical (unpaired) electrons. The number of carbonyl (C=O) groups excluding carboxylic acids is 1. The highest BCUT2D eigenvalue weighted by atomic mass is 79.9. The Labute approximate surface area is 114 Å². The molecule has 1 atom stereocenters. The fraction of sp³-hybridized carbons (Fsp3) is 0.462. The molecule has 0 fully saturated rings. The van der Waals surface area contributed by atoms with Crippen molar-refractivity contribution in [1.29, 1.82) is 0 Å². The van der Waals surface area contributed by atoms with E-state index in [4.69, 9.17) is 0 Å². The van der Waals surface area contributed by atoms with Gasteiger partial charge in [0.25, 0.3) is 5.91 Å². The predicted molar refractivity (Wildman–Crippen MR) is 70.9 cm³/mol. The average Bonchev–Trinajstić information content (AvgIpc) is 2.26. The first-order valence-corrected chi connectivity index (χ1v) is 6.87. The lowest BCUT2D eigenvalue weighted by Gasteiger charge is -2.18. The van der Waals surface area contributed by atoms with Crippen molar-refractivity contribution in [2.24, 2.45) is 5.92 Å². The highest BCUT2D eigenvalue weighted by Crippen LogP contribution is 2.11. The lowest BCUT2D eigenvalue weighted by Crippen LogP contribution is -2.37. The molecule has 1 aromatic carbocycles. The van der Waals surface area contributed by atoms with Crippen LogP contribution in [0, 0.1) is 17.6 Å². The summed E-state index contributed by atoms with van der Waals surface area (Å²) in [6, 6.07) is 2.74. The minimum absolute atomic E-state index is 0.00204. The summed E-state index contributed by atoms with van der Waals surface area (Å²) in [5.74, 6) is -1.53. The molecule has 18 heavy (non-hydrogen) atoms. The van der Waals surface area contributed by atoms with Crippen LogP contribution in [0.15, 0.2) is 18.2 Å². The van der Waals surface area contributed by atoms with E-state index in [9.17, 15) is 13.6 Å². The van der Waals surface area contributed by atoms with E-state index in [1.54, 1.807) is 0 Å². The molecular weight excluding hydrogens is 304 g/mol. The Hall–Kier alpha value is -0.970. The zero-order valence-electron chi connectivity index (χ0n) is 10.3. The third-order valence-electron chi connectivity index (χ3n) is 2.40. The molecule has 0 aromatic heterocycles. The number of rotatable bonds is 5. The van der Waals surface area contributed by atoms with Crippen molar-refractivity contribution in [3.63, 3.8) is 0 Å². The van der Waals surface area contributed by atoms with Crippen molar-refractivity contribution in [2.75, 3.05) is 5.33 Å². The first-order chi connectivity index (χ1) is 8.42. The summed E-state index contributed by atoms with van der Waals surface area (Å²) in [7, 11) is 0. The minimum atomic E-state index is -0.751. The normalized spacial score (nSPS) is 12.6. The highest BCUT2D eigenvalue weighted by molar-refractivity contribution is 9.09. The molecule has 0 bridgehead atoms. The molecule has 0 heterocycles. The molecule has 5 heteroatoms. The lowest BCUT2D eigenvalue weighted by atomic mass is 10.0. The van der Waals surface area contributed by atoms with Crippen LogP contribution in [0.25, 0.3) is 0 Å². The Morgan fingerprint density at radius 1 is 1.28 bits per heavy atom. The summed E-state index contributed by atoms with van der Waals surface area (Å²) in [5.41, 5.74) is 0.00204. The van der Waals surface area contributed by atoms with E-state index in [2.05, 4.69) is 21.2 Å². The van der Waals surface area contributed by atoms with Crippen molar-refractivity contribution >= 4 is 21.8 Å². The van der Waals surface area contributed by atoms with Gasteiger partial charge in [0.05, 0.1) is 0 Å².